The normalized spacial score (nSPS) is 38.5. The van der Waals surface area contributed by atoms with E-state index in [1.54, 1.807) is 0 Å². The molecule has 0 aromatic heterocycles. The molecular formula is C18H31NO2. The molecule has 21 heavy (non-hydrogen) atoms. The van der Waals surface area contributed by atoms with Crippen molar-refractivity contribution in [1.29, 1.82) is 0 Å². The van der Waals surface area contributed by atoms with Crippen LogP contribution in [0.3, 0.4) is 0 Å². The van der Waals surface area contributed by atoms with Gasteiger partial charge in [-0.05, 0) is 75.0 Å². The summed E-state index contributed by atoms with van der Waals surface area (Å²) >= 11 is 0. The van der Waals surface area contributed by atoms with Gasteiger partial charge in [-0.3, -0.25) is 4.79 Å². The highest BCUT2D eigenvalue weighted by Gasteiger charge is 2.54. The van der Waals surface area contributed by atoms with E-state index in [1.165, 1.54) is 19.3 Å². The molecule has 4 aliphatic carbocycles. The molecule has 1 atom stereocenters. The van der Waals surface area contributed by atoms with Gasteiger partial charge in [-0.2, -0.15) is 0 Å². The van der Waals surface area contributed by atoms with Crippen molar-refractivity contribution in [2.24, 2.45) is 29.1 Å². The Hall–Kier alpha value is -0.570. The number of hydrogen-bond acceptors (Lipinski definition) is 2. The van der Waals surface area contributed by atoms with Crippen LogP contribution in [0.25, 0.3) is 0 Å². The van der Waals surface area contributed by atoms with E-state index in [4.69, 9.17) is 5.11 Å². The van der Waals surface area contributed by atoms with Crippen molar-refractivity contribution in [3.05, 3.63) is 0 Å². The van der Waals surface area contributed by atoms with Gasteiger partial charge in [0.05, 0.1) is 0 Å². The fourth-order valence-electron chi connectivity index (χ4n) is 5.75. The molecule has 0 spiro atoms. The van der Waals surface area contributed by atoms with Crippen molar-refractivity contribution >= 4 is 5.91 Å². The number of aliphatic hydroxyl groups is 1. The van der Waals surface area contributed by atoms with E-state index in [1.807, 2.05) is 0 Å². The Morgan fingerprint density at radius 3 is 2.19 bits per heavy atom. The third-order valence-corrected chi connectivity index (χ3v) is 6.31. The fourth-order valence-corrected chi connectivity index (χ4v) is 5.75. The van der Waals surface area contributed by atoms with Gasteiger partial charge in [-0.25, -0.2) is 0 Å². The summed E-state index contributed by atoms with van der Waals surface area (Å²) in [5.41, 5.74) is -0.0231. The number of aliphatic hydroxyl groups excluding tert-OH is 1. The van der Waals surface area contributed by atoms with Gasteiger partial charge in [0, 0.05) is 18.6 Å². The van der Waals surface area contributed by atoms with Crippen LogP contribution in [0.1, 0.15) is 64.7 Å². The fraction of sp³-hybridized carbons (Fsp3) is 0.944. The smallest absolute Gasteiger partial charge is 0.226 e. The van der Waals surface area contributed by atoms with Gasteiger partial charge >= 0.3 is 0 Å². The first-order chi connectivity index (χ1) is 10.1. The summed E-state index contributed by atoms with van der Waals surface area (Å²) in [4.78, 5) is 12.8. The number of carbonyl (C=O) groups excluding carboxylic acids is 1. The highest BCUT2D eigenvalue weighted by Crippen LogP contribution is 2.60. The SMILES string of the molecule is CCCC(CCO)CNC(=O)C12CC3CC(CC(C3)C1)C2. The quantitative estimate of drug-likeness (QED) is 0.757. The zero-order chi connectivity index (χ0) is 14.9. The van der Waals surface area contributed by atoms with Gasteiger partial charge < -0.3 is 10.4 Å². The summed E-state index contributed by atoms with van der Waals surface area (Å²) in [6.45, 7) is 3.16. The Labute approximate surface area is 128 Å². The minimum Gasteiger partial charge on any atom is -0.396 e. The van der Waals surface area contributed by atoms with Crippen LogP contribution in [0.2, 0.25) is 0 Å². The number of amides is 1. The number of carbonyl (C=O) groups is 1. The summed E-state index contributed by atoms with van der Waals surface area (Å²) in [7, 11) is 0. The maximum Gasteiger partial charge on any atom is 0.226 e. The average molecular weight is 293 g/mol. The van der Waals surface area contributed by atoms with Gasteiger partial charge in [0.2, 0.25) is 5.91 Å². The van der Waals surface area contributed by atoms with Crippen LogP contribution in [0.5, 0.6) is 0 Å². The van der Waals surface area contributed by atoms with Crippen LogP contribution >= 0.6 is 0 Å². The van der Waals surface area contributed by atoms with Crippen LogP contribution in [0.15, 0.2) is 0 Å². The number of nitrogens with one attached hydrogen (secondary N) is 1. The monoisotopic (exact) mass is 293 g/mol. The second-order valence-corrected chi connectivity index (χ2v) is 8.07. The molecule has 4 bridgehead atoms. The summed E-state index contributed by atoms with van der Waals surface area (Å²) in [6, 6.07) is 0. The van der Waals surface area contributed by atoms with Gasteiger partial charge in [0.25, 0.3) is 0 Å². The molecule has 1 unspecified atom stereocenters. The van der Waals surface area contributed by atoms with Crippen molar-refractivity contribution in [2.45, 2.75) is 64.7 Å². The topological polar surface area (TPSA) is 49.3 Å². The highest BCUT2D eigenvalue weighted by atomic mass is 16.3. The van der Waals surface area contributed by atoms with Crippen molar-refractivity contribution in [2.75, 3.05) is 13.2 Å². The van der Waals surface area contributed by atoms with E-state index < -0.39 is 0 Å². The maximum atomic E-state index is 12.8. The first kappa shape index (κ1) is 15.3. The zero-order valence-corrected chi connectivity index (χ0v) is 13.4. The first-order valence-electron chi connectivity index (χ1n) is 9.04. The van der Waals surface area contributed by atoms with Gasteiger partial charge in [0.1, 0.15) is 0 Å². The lowest BCUT2D eigenvalue weighted by atomic mass is 9.49. The van der Waals surface area contributed by atoms with Crippen LogP contribution < -0.4 is 5.32 Å². The third kappa shape index (κ3) is 3.13. The van der Waals surface area contributed by atoms with E-state index in [9.17, 15) is 4.79 Å². The van der Waals surface area contributed by atoms with E-state index in [2.05, 4.69) is 12.2 Å². The Morgan fingerprint density at radius 2 is 1.71 bits per heavy atom. The zero-order valence-electron chi connectivity index (χ0n) is 13.4. The standard InChI is InChI=1S/C18H31NO2/c1-2-3-13(4-5-20)12-19-17(21)18-9-14-6-15(10-18)8-16(7-14)11-18/h13-16,20H,2-12H2,1H3,(H,19,21). The number of rotatable bonds is 7. The van der Waals surface area contributed by atoms with Gasteiger partial charge in [-0.15, -0.1) is 0 Å². The lowest BCUT2D eigenvalue weighted by Crippen LogP contribution is -2.54. The number of hydrogen-bond donors (Lipinski definition) is 2. The van der Waals surface area contributed by atoms with Gasteiger partial charge in [-0.1, -0.05) is 13.3 Å². The molecule has 0 heterocycles. The van der Waals surface area contributed by atoms with Crippen LogP contribution in [-0.2, 0) is 4.79 Å². The lowest BCUT2D eigenvalue weighted by molar-refractivity contribution is -0.146. The molecule has 4 fully saturated rings. The molecule has 0 saturated heterocycles. The van der Waals surface area contributed by atoms with Crippen molar-refractivity contribution in [1.82, 2.24) is 5.32 Å². The largest absolute Gasteiger partial charge is 0.396 e. The molecule has 4 saturated carbocycles. The molecule has 2 N–H and O–H groups in total. The maximum absolute atomic E-state index is 12.8. The molecule has 1 amide bonds. The third-order valence-electron chi connectivity index (χ3n) is 6.31. The lowest BCUT2D eigenvalue weighted by Gasteiger charge is -2.55. The van der Waals surface area contributed by atoms with Crippen molar-refractivity contribution in [3.8, 4) is 0 Å². The van der Waals surface area contributed by atoms with Crippen LogP contribution in [0, 0.1) is 29.1 Å². The van der Waals surface area contributed by atoms with Crippen LogP contribution in [0.4, 0.5) is 0 Å². The Morgan fingerprint density at radius 1 is 1.14 bits per heavy atom. The van der Waals surface area contributed by atoms with E-state index in [-0.39, 0.29) is 12.0 Å². The predicted molar refractivity (Wildman–Crippen MR) is 83.7 cm³/mol. The minimum atomic E-state index is -0.0231. The molecule has 3 heteroatoms. The van der Waals surface area contributed by atoms with E-state index in [0.29, 0.717) is 11.8 Å². The Kier molecular flexibility index (Phi) is 4.58. The summed E-state index contributed by atoms with van der Waals surface area (Å²) in [5.74, 6) is 3.25. The summed E-state index contributed by atoms with van der Waals surface area (Å²) in [6.07, 6.45) is 10.6. The predicted octanol–water partition coefficient (Wildman–Crippen LogP) is 3.12. The first-order valence-corrected chi connectivity index (χ1v) is 9.04. The van der Waals surface area contributed by atoms with Crippen molar-refractivity contribution in [3.63, 3.8) is 0 Å². The molecule has 3 nitrogen and oxygen atoms in total. The second-order valence-electron chi connectivity index (χ2n) is 8.07. The average Bonchev–Trinajstić information content (AvgIpc) is 2.43. The molecule has 0 aliphatic heterocycles. The summed E-state index contributed by atoms with van der Waals surface area (Å²) in [5, 5.41) is 12.4. The second kappa shape index (κ2) is 6.28. The van der Waals surface area contributed by atoms with Gasteiger partial charge in [0.15, 0.2) is 0 Å². The molecule has 0 radical (unpaired) electrons. The molecular weight excluding hydrogens is 262 g/mol. The van der Waals surface area contributed by atoms with E-state index >= 15 is 0 Å². The molecule has 4 rings (SSSR count). The van der Waals surface area contributed by atoms with E-state index in [0.717, 1.165) is 62.8 Å². The molecule has 120 valence electrons. The Balaban J connectivity index is 1.57. The molecule has 4 aliphatic rings. The van der Waals surface area contributed by atoms with Crippen LogP contribution in [-0.4, -0.2) is 24.2 Å². The Bertz CT molecular complexity index is 338. The highest BCUT2D eigenvalue weighted by molar-refractivity contribution is 5.83. The minimum absolute atomic E-state index is 0.0231. The van der Waals surface area contributed by atoms with Crippen molar-refractivity contribution < 1.29 is 9.90 Å². The molecule has 0 aromatic carbocycles. The molecule has 0 aromatic rings. The summed E-state index contributed by atoms with van der Waals surface area (Å²) < 4.78 is 0.